The Kier molecular flexibility index (Phi) is 5.37. The highest BCUT2D eigenvalue weighted by Gasteiger charge is 2.15. The lowest BCUT2D eigenvalue weighted by atomic mass is 10.0. The summed E-state index contributed by atoms with van der Waals surface area (Å²) in [5.41, 5.74) is 2.15. The van der Waals surface area contributed by atoms with Gasteiger partial charge < -0.3 is 4.74 Å². The zero-order chi connectivity index (χ0) is 13.8. The smallest absolute Gasteiger partial charge is 0.122 e. The number of hydrogen-bond donors (Lipinski definition) is 0. The molecule has 0 spiro atoms. The summed E-state index contributed by atoms with van der Waals surface area (Å²) in [5.74, 6) is 0.866. The van der Waals surface area contributed by atoms with Crippen molar-refractivity contribution in [1.29, 1.82) is 0 Å². The molecule has 0 aliphatic rings. The van der Waals surface area contributed by atoms with Crippen molar-refractivity contribution in [2.75, 3.05) is 7.11 Å². The minimum Gasteiger partial charge on any atom is -0.496 e. The van der Waals surface area contributed by atoms with Gasteiger partial charge in [0.2, 0.25) is 0 Å². The molecule has 0 saturated heterocycles. The molecule has 1 atom stereocenters. The van der Waals surface area contributed by atoms with E-state index in [1.165, 1.54) is 0 Å². The fourth-order valence-corrected chi connectivity index (χ4v) is 3.35. The van der Waals surface area contributed by atoms with Crippen molar-refractivity contribution in [3.05, 3.63) is 62.2 Å². The average Bonchev–Trinajstić information content (AvgIpc) is 2.42. The molecule has 0 aromatic heterocycles. The Labute approximate surface area is 137 Å². The topological polar surface area (TPSA) is 9.23 Å². The number of halogens is 3. The third kappa shape index (κ3) is 3.77. The van der Waals surface area contributed by atoms with Crippen molar-refractivity contribution in [1.82, 2.24) is 0 Å². The Morgan fingerprint density at radius 1 is 1.21 bits per heavy atom. The molecule has 0 saturated carbocycles. The summed E-state index contributed by atoms with van der Waals surface area (Å²) in [5, 5.41) is 0.586. The molecule has 0 heterocycles. The molecule has 0 N–H and O–H groups in total. The van der Waals surface area contributed by atoms with Gasteiger partial charge in [0, 0.05) is 8.59 Å². The Balaban J connectivity index is 2.25. The molecule has 0 radical (unpaired) electrons. The van der Waals surface area contributed by atoms with E-state index in [1.54, 1.807) is 7.11 Å². The predicted octanol–water partition coefficient (Wildman–Crippen LogP) is 5.48. The Morgan fingerprint density at radius 2 is 1.95 bits per heavy atom. The van der Waals surface area contributed by atoms with Gasteiger partial charge in [-0.25, -0.2) is 0 Å². The lowest BCUT2D eigenvalue weighted by molar-refractivity contribution is 0.409. The maximum Gasteiger partial charge on any atom is 0.122 e. The second-order valence-corrected chi connectivity index (χ2v) is 6.27. The molecular formula is C15H13Cl2IO. The first-order chi connectivity index (χ1) is 9.11. The number of benzene rings is 2. The standard InChI is InChI=1S/C15H13Cl2IO/c1-19-15-5-3-2-4-10(15)8-13(17)12-9-11(16)6-7-14(12)18/h2-7,9,13H,8H2,1H3. The fraction of sp³-hybridized carbons (Fsp3) is 0.200. The van der Waals surface area contributed by atoms with Crippen molar-refractivity contribution >= 4 is 45.8 Å². The lowest BCUT2D eigenvalue weighted by Crippen LogP contribution is -2.00. The van der Waals surface area contributed by atoms with Crippen LogP contribution in [0.15, 0.2) is 42.5 Å². The Hall–Kier alpha value is -0.450. The highest BCUT2D eigenvalue weighted by atomic mass is 127. The minimum absolute atomic E-state index is 0.123. The van der Waals surface area contributed by atoms with Crippen LogP contribution in [-0.2, 0) is 6.42 Å². The van der Waals surface area contributed by atoms with E-state index in [0.29, 0.717) is 11.4 Å². The van der Waals surface area contributed by atoms with Crippen LogP contribution < -0.4 is 4.74 Å². The first-order valence-electron chi connectivity index (χ1n) is 5.82. The van der Waals surface area contributed by atoms with E-state index >= 15 is 0 Å². The zero-order valence-corrected chi connectivity index (χ0v) is 14.0. The average molecular weight is 407 g/mol. The fourth-order valence-electron chi connectivity index (χ4n) is 1.93. The van der Waals surface area contributed by atoms with Gasteiger partial charge in [0.1, 0.15) is 5.75 Å². The normalized spacial score (nSPS) is 12.2. The molecule has 1 unspecified atom stereocenters. The van der Waals surface area contributed by atoms with Crippen molar-refractivity contribution in [3.8, 4) is 5.75 Å². The van der Waals surface area contributed by atoms with Crippen LogP contribution in [-0.4, -0.2) is 7.11 Å². The lowest BCUT2D eigenvalue weighted by Gasteiger charge is -2.14. The van der Waals surface area contributed by atoms with E-state index in [4.69, 9.17) is 27.9 Å². The molecular weight excluding hydrogens is 394 g/mol. The van der Waals surface area contributed by atoms with Gasteiger partial charge in [-0.05, 0) is 64.4 Å². The van der Waals surface area contributed by atoms with Crippen LogP contribution in [0.1, 0.15) is 16.5 Å². The highest BCUT2D eigenvalue weighted by Crippen LogP contribution is 2.33. The van der Waals surface area contributed by atoms with E-state index in [2.05, 4.69) is 22.6 Å². The molecule has 0 aliphatic heterocycles. The van der Waals surface area contributed by atoms with E-state index in [9.17, 15) is 0 Å². The Bertz CT molecular complexity index is 572. The van der Waals surface area contributed by atoms with Crippen LogP contribution in [0.4, 0.5) is 0 Å². The molecule has 0 aliphatic carbocycles. The van der Waals surface area contributed by atoms with Crippen molar-refractivity contribution in [2.45, 2.75) is 11.8 Å². The summed E-state index contributed by atoms with van der Waals surface area (Å²) in [6.07, 6.45) is 0.710. The minimum atomic E-state index is -0.123. The summed E-state index contributed by atoms with van der Waals surface area (Å²) in [6.45, 7) is 0. The van der Waals surface area contributed by atoms with Crippen LogP contribution in [0.25, 0.3) is 0 Å². The number of para-hydroxylation sites is 1. The van der Waals surface area contributed by atoms with Gasteiger partial charge >= 0.3 is 0 Å². The van der Waals surface area contributed by atoms with Crippen LogP contribution in [0.5, 0.6) is 5.75 Å². The van der Waals surface area contributed by atoms with E-state index < -0.39 is 0 Å². The molecule has 2 rings (SSSR count). The van der Waals surface area contributed by atoms with Gasteiger partial charge in [-0.15, -0.1) is 11.6 Å². The molecule has 100 valence electrons. The number of methoxy groups -OCH3 is 1. The first kappa shape index (κ1) is 14.9. The van der Waals surface area contributed by atoms with Crippen LogP contribution in [0.3, 0.4) is 0 Å². The SMILES string of the molecule is COc1ccccc1CC(Cl)c1cc(Cl)ccc1I. The number of rotatable bonds is 4. The largest absolute Gasteiger partial charge is 0.496 e. The third-order valence-electron chi connectivity index (χ3n) is 2.89. The second kappa shape index (κ2) is 6.82. The summed E-state index contributed by atoms with van der Waals surface area (Å²) in [4.78, 5) is 0. The second-order valence-electron chi connectivity index (χ2n) is 4.15. The predicted molar refractivity (Wildman–Crippen MR) is 89.5 cm³/mol. The number of hydrogen-bond acceptors (Lipinski definition) is 1. The summed E-state index contributed by atoms with van der Waals surface area (Å²) >= 11 is 14.8. The number of ether oxygens (including phenoxy) is 1. The molecule has 0 bridgehead atoms. The third-order valence-corrected chi connectivity index (χ3v) is 4.49. The van der Waals surface area contributed by atoms with Gasteiger partial charge in [-0.3, -0.25) is 0 Å². The van der Waals surface area contributed by atoms with Gasteiger partial charge in [0.05, 0.1) is 12.5 Å². The van der Waals surface area contributed by atoms with Crippen molar-refractivity contribution < 1.29 is 4.74 Å². The van der Waals surface area contributed by atoms with Crippen LogP contribution in [0, 0.1) is 3.57 Å². The van der Waals surface area contributed by atoms with E-state index in [1.807, 2.05) is 42.5 Å². The van der Waals surface area contributed by atoms with Gasteiger partial charge in [0.15, 0.2) is 0 Å². The molecule has 0 fully saturated rings. The molecule has 2 aromatic rings. The van der Waals surface area contributed by atoms with Gasteiger partial charge in [0.25, 0.3) is 0 Å². The van der Waals surface area contributed by atoms with Crippen LogP contribution in [0.2, 0.25) is 5.02 Å². The summed E-state index contributed by atoms with van der Waals surface area (Å²) in [6, 6.07) is 13.7. The summed E-state index contributed by atoms with van der Waals surface area (Å²) in [7, 11) is 1.67. The zero-order valence-electron chi connectivity index (χ0n) is 10.4. The van der Waals surface area contributed by atoms with Crippen LogP contribution >= 0.6 is 45.8 Å². The monoisotopic (exact) mass is 406 g/mol. The van der Waals surface area contributed by atoms with E-state index in [0.717, 1.165) is 20.4 Å². The molecule has 0 amide bonds. The van der Waals surface area contributed by atoms with E-state index in [-0.39, 0.29) is 5.38 Å². The molecule has 4 heteroatoms. The van der Waals surface area contributed by atoms with Crippen molar-refractivity contribution in [3.63, 3.8) is 0 Å². The first-order valence-corrected chi connectivity index (χ1v) is 7.72. The quantitative estimate of drug-likeness (QED) is 0.482. The van der Waals surface area contributed by atoms with Gasteiger partial charge in [-0.1, -0.05) is 29.8 Å². The summed E-state index contributed by atoms with van der Waals surface area (Å²) < 4.78 is 6.47. The van der Waals surface area contributed by atoms with Gasteiger partial charge in [-0.2, -0.15) is 0 Å². The maximum absolute atomic E-state index is 6.53. The molecule has 1 nitrogen and oxygen atoms in total. The maximum atomic E-state index is 6.53. The highest BCUT2D eigenvalue weighted by molar-refractivity contribution is 14.1. The van der Waals surface area contributed by atoms with Crippen molar-refractivity contribution in [2.24, 2.45) is 0 Å². The Morgan fingerprint density at radius 3 is 2.68 bits per heavy atom. The molecule has 19 heavy (non-hydrogen) atoms. The molecule has 2 aromatic carbocycles. The number of alkyl halides is 1.